The summed E-state index contributed by atoms with van der Waals surface area (Å²) in [6.45, 7) is 0.526. The smallest absolute Gasteiger partial charge is 0.219 e. The van der Waals surface area contributed by atoms with Crippen LogP contribution in [0.25, 0.3) is 22.9 Å². The number of rotatable bonds is 5. The summed E-state index contributed by atoms with van der Waals surface area (Å²) >= 11 is 0. The molecule has 2 aliphatic rings. The second-order valence-electron chi connectivity index (χ2n) is 8.30. The van der Waals surface area contributed by atoms with Crippen LogP contribution < -0.4 is 20.9 Å². The van der Waals surface area contributed by atoms with E-state index in [1.807, 2.05) is 97.1 Å². The van der Waals surface area contributed by atoms with Gasteiger partial charge in [-0.15, -0.1) is 0 Å². The van der Waals surface area contributed by atoms with Crippen molar-refractivity contribution in [2.24, 2.45) is 15.7 Å². The molecule has 2 aliphatic heterocycles. The van der Waals surface area contributed by atoms with Crippen molar-refractivity contribution in [2.45, 2.75) is 6.54 Å². The molecule has 0 fully saturated rings. The highest BCUT2D eigenvalue weighted by Crippen LogP contribution is 2.47. The number of anilines is 1. The first kappa shape index (κ1) is 20.9. The Morgan fingerprint density at radius 3 is 1.57 bits per heavy atom. The van der Waals surface area contributed by atoms with Crippen LogP contribution in [0, 0.1) is 0 Å². The Morgan fingerprint density at radius 1 is 0.600 bits per heavy atom. The summed E-state index contributed by atoms with van der Waals surface area (Å²) in [6.07, 6.45) is 7.64. The van der Waals surface area contributed by atoms with Crippen molar-refractivity contribution in [1.82, 2.24) is 0 Å². The van der Waals surface area contributed by atoms with E-state index in [1.165, 1.54) is 0 Å². The van der Waals surface area contributed by atoms with Gasteiger partial charge in [-0.2, -0.15) is 0 Å². The third-order valence-electron chi connectivity index (χ3n) is 5.92. The summed E-state index contributed by atoms with van der Waals surface area (Å²) in [4.78, 5) is 9.42. The van der Waals surface area contributed by atoms with Crippen molar-refractivity contribution in [3.63, 3.8) is 0 Å². The predicted molar refractivity (Wildman–Crippen MR) is 143 cm³/mol. The average Bonchev–Trinajstić information content (AvgIpc) is 2.90. The molecule has 0 radical (unpaired) electrons. The topological polar surface area (TPSA) is 95.2 Å². The molecule has 0 saturated carbocycles. The van der Waals surface area contributed by atoms with Gasteiger partial charge in [0.2, 0.25) is 11.8 Å². The van der Waals surface area contributed by atoms with Crippen LogP contribution in [0.3, 0.4) is 0 Å². The fourth-order valence-corrected chi connectivity index (χ4v) is 4.11. The fraction of sp³-hybridized carbons (Fsp3) is 0.0345. The Hall–Kier alpha value is -4.68. The second-order valence-corrected chi connectivity index (χ2v) is 8.30. The molecule has 0 spiro atoms. The van der Waals surface area contributed by atoms with Gasteiger partial charge in [0.1, 0.15) is 11.5 Å². The lowest BCUT2D eigenvalue weighted by molar-refractivity contribution is 0.550. The molecule has 0 unspecified atom stereocenters. The number of benzene rings is 4. The zero-order chi connectivity index (χ0) is 23.8. The molecule has 6 rings (SSSR count). The number of hydrogen-bond donors (Lipinski definition) is 2. The molecule has 6 heteroatoms. The van der Waals surface area contributed by atoms with E-state index in [1.54, 1.807) is 0 Å². The number of ether oxygens (including phenoxy) is 2. The van der Waals surface area contributed by atoms with E-state index in [0.29, 0.717) is 18.3 Å². The van der Waals surface area contributed by atoms with E-state index in [4.69, 9.17) is 30.9 Å². The van der Waals surface area contributed by atoms with Crippen LogP contribution in [-0.4, -0.2) is 11.8 Å². The Balaban J connectivity index is 1.31. The highest BCUT2D eigenvalue weighted by Gasteiger charge is 2.23. The van der Waals surface area contributed by atoms with Crippen LogP contribution in [0.15, 0.2) is 94.9 Å². The van der Waals surface area contributed by atoms with Crippen LogP contribution in [-0.2, 0) is 6.54 Å². The van der Waals surface area contributed by atoms with E-state index in [0.717, 1.165) is 56.0 Å². The lowest BCUT2D eigenvalue weighted by atomic mass is 10.0. The maximum Gasteiger partial charge on any atom is 0.219 e. The monoisotopic (exact) mass is 458 g/mol. The maximum atomic E-state index is 6.11. The standard InChI is InChI=1S/C29H22N4O2/c30-17-20-3-1-18(2-4-20)7-15-26-32-22-11-14-25-29-23(12-13-24(34-26)28(22)29)33-27(35-25)16-8-19-5-9-21(31)10-6-19/h1-16H,17,30-31H2/b15-7+,16-8+. The summed E-state index contributed by atoms with van der Waals surface area (Å²) in [7, 11) is 0. The SMILES string of the molecule is NCc1ccc(/C=C/C2=Nc3ccc4c5c(ccc(c35)O2)N=C(/C=C/c2ccc(N)cc2)O4)cc1. The third kappa shape index (κ3) is 4.07. The first-order chi connectivity index (χ1) is 17.2. The fourth-order valence-electron chi connectivity index (χ4n) is 4.11. The molecule has 0 bridgehead atoms. The third-order valence-corrected chi connectivity index (χ3v) is 5.92. The Kier molecular flexibility index (Phi) is 5.13. The van der Waals surface area contributed by atoms with Gasteiger partial charge in [-0.1, -0.05) is 36.4 Å². The van der Waals surface area contributed by atoms with Gasteiger partial charge < -0.3 is 20.9 Å². The number of nitrogen functional groups attached to an aromatic ring is 1. The van der Waals surface area contributed by atoms with Crippen molar-refractivity contribution >= 4 is 51.8 Å². The molecule has 35 heavy (non-hydrogen) atoms. The van der Waals surface area contributed by atoms with Gasteiger partial charge in [0.05, 0.1) is 22.1 Å². The summed E-state index contributed by atoms with van der Waals surface area (Å²) in [5.41, 5.74) is 17.0. The molecular weight excluding hydrogens is 436 g/mol. The lowest BCUT2D eigenvalue weighted by Gasteiger charge is -2.21. The molecule has 2 heterocycles. The summed E-state index contributed by atoms with van der Waals surface area (Å²) in [6, 6.07) is 23.5. The Morgan fingerprint density at radius 2 is 1.09 bits per heavy atom. The summed E-state index contributed by atoms with van der Waals surface area (Å²) in [5, 5.41) is 1.79. The molecule has 0 aliphatic carbocycles. The Labute approximate surface area is 202 Å². The van der Waals surface area contributed by atoms with E-state index in [9.17, 15) is 0 Å². The van der Waals surface area contributed by atoms with Gasteiger partial charge in [0.15, 0.2) is 0 Å². The molecule has 4 aromatic rings. The van der Waals surface area contributed by atoms with Gasteiger partial charge >= 0.3 is 0 Å². The normalized spacial score (nSPS) is 14.1. The molecule has 4 N–H and O–H groups in total. The molecule has 6 nitrogen and oxygen atoms in total. The van der Waals surface area contributed by atoms with E-state index in [2.05, 4.69) is 0 Å². The van der Waals surface area contributed by atoms with Crippen molar-refractivity contribution < 1.29 is 9.47 Å². The number of aliphatic imine (C=N–C) groups is 2. The quantitative estimate of drug-likeness (QED) is 0.351. The van der Waals surface area contributed by atoms with Gasteiger partial charge in [-0.05, 0) is 65.2 Å². The first-order valence-corrected chi connectivity index (χ1v) is 11.3. The van der Waals surface area contributed by atoms with Gasteiger partial charge in [-0.25, -0.2) is 9.98 Å². The van der Waals surface area contributed by atoms with Crippen LogP contribution in [0.2, 0.25) is 0 Å². The second kappa shape index (κ2) is 8.59. The van der Waals surface area contributed by atoms with E-state index >= 15 is 0 Å². The van der Waals surface area contributed by atoms with Crippen molar-refractivity contribution in [3.8, 4) is 11.5 Å². The minimum atomic E-state index is 0.516. The predicted octanol–water partition coefficient (Wildman–Crippen LogP) is 6.15. The van der Waals surface area contributed by atoms with Crippen LogP contribution in [0.5, 0.6) is 11.5 Å². The Bertz CT molecular complexity index is 1560. The van der Waals surface area contributed by atoms with Gasteiger partial charge in [0.25, 0.3) is 0 Å². The zero-order valence-electron chi connectivity index (χ0n) is 18.8. The minimum Gasteiger partial charge on any atom is -0.438 e. The van der Waals surface area contributed by atoms with Gasteiger partial charge in [0, 0.05) is 24.4 Å². The molecule has 0 atom stereocenters. The van der Waals surface area contributed by atoms with Crippen molar-refractivity contribution in [2.75, 3.05) is 5.73 Å². The molecule has 0 aromatic heterocycles. The van der Waals surface area contributed by atoms with Crippen molar-refractivity contribution in [3.05, 3.63) is 102 Å². The summed E-state index contributed by atoms with van der Waals surface area (Å²) < 4.78 is 12.2. The van der Waals surface area contributed by atoms with Crippen LogP contribution >= 0.6 is 0 Å². The number of nitrogens with two attached hydrogens (primary N) is 2. The van der Waals surface area contributed by atoms with E-state index in [-0.39, 0.29) is 0 Å². The first-order valence-electron chi connectivity index (χ1n) is 11.3. The zero-order valence-corrected chi connectivity index (χ0v) is 18.8. The number of nitrogens with zero attached hydrogens (tertiary/aromatic N) is 2. The van der Waals surface area contributed by atoms with E-state index < -0.39 is 0 Å². The highest BCUT2D eigenvalue weighted by molar-refractivity contribution is 6.15. The molecule has 0 amide bonds. The molecule has 4 aromatic carbocycles. The molecular formula is C29H22N4O2. The molecule has 0 saturated heterocycles. The maximum absolute atomic E-state index is 6.11. The molecule has 170 valence electrons. The average molecular weight is 459 g/mol. The van der Waals surface area contributed by atoms with Crippen LogP contribution in [0.1, 0.15) is 16.7 Å². The van der Waals surface area contributed by atoms with Gasteiger partial charge in [-0.3, -0.25) is 0 Å². The largest absolute Gasteiger partial charge is 0.438 e. The van der Waals surface area contributed by atoms with Crippen LogP contribution in [0.4, 0.5) is 17.1 Å². The summed E-state index contributed by atoms with van der Waals surface area (Å²) in [5.74, 6) is 2.50. The number of hydrogen-bond acceptors (Lipinski definition) is 6. The minimum absolute atomic E-state index is 0.516. The van der Waals surface area contributed by atoms with Crippen molar-refractivity contribution in [1.29, 1.82) is 0 Å². The highest BCUT2D eigenvalue weighted by atomic mass is 16.5. The lowest BCUT2D eigenvalue weighted by Crippen LogP contribution is -2.11.